The molecule has 1 heterocycles. The van der Waals surface area contributed by atoms with Gasteiger partial charge in [0.25, 0.3) is 5.91 Å². The lowest BCUT2D eigenvalue weighted by molar-refractivity contribution is 0.0987. The smallest absolute Gasteiger partial charge is 0.267 e. The molecule has 9 heteroatoms. The standard InChI is InChI=1S/C32H30N4O3S2/c1-23(2)35(22-26-12-8-5-9-13-26)41(38,39)28-17-15-27(16-18-28)31(37)36(33-21-25-10-6-4-7-11-25)32-34-29-19-14-24(3)20-30(29)40-32/h4-21,23H,22H2,1-3H3/b33-21+. The van der Waals surface area contributed by atoms with Gasteiger partial charge in [0.05, 0.1) is 21.3 Å². The summed E-state index contributed by atoms with van der Waals surface area (Å²) in [5.74, 6) is -0.415. The van der Waals surface area contributed by atoms with Crippen molar-refractivity contribution < 1.29 is 13.2 Å². The number of amides is 1. The van der Waals surface area contributed by atoms with Crippen LogP contribution in [-0.4, -0.2) is 35.9 Å². The van der Waals surface area contributed by atoms with E-state index in [0.29, 0.717) is 10.7 Å². The summed E-state index contributed by atoms with van der Waals surface area (Å²) in [6.07, 6.45) is 1.61. The number of hydrogen-bond acceptors (Lipinski definition) is 6. The van der Waals surface area contributed by atoms with Gasteiger partial charge >= 0.3 is 0 Å². The quantitative estimate of drug-likeness (QED) is 0.140. The van der Waals surface area contributed by atoms with Gasteiger partial charge in [-0.05, 0) is 73.9 Å². The molecule has 1 aromatic heterocycles. The number of hydrazone groups is 1. The number of anilines is 1. The Bertz CT molecular complexity index is 1780. The Morgan fingerprint density at radius 3 is 2.24 bits per heavy atom. The molecule has 0 spiro atoms. The highest BCUT2D eigenvalue weighted by molar-refractivity contribution is 7.89. The topological polar surface area (TPSA) is 82.9 Å². The van der Waals surface area contributed by atoms with Crippen molar-refractivity contribution in [2.75, 3.05) is 5.01 Å². The molecule has 0 saturated carbocycles. The minimum Gasteiger partial charge on any atom is -0.267 e. The molecule has 0 atom stereocenters. The summed E-state index contributed by atoms with van der Waals surface area (Å²) in [4.78, 5) is 18.6. The Hall–Kier alpha value is -4.18. The van der Waals surface area contributed by atoms with Gasteiger partial charge in [-0.3, -0.25) is 4.79 Å². The monoisotopic (exact) mass is 582 g/mol. The summed E-state index contributed by atoms with van der Waals surface area (Å²) in [5.41, 5.74) is 3.89. The van der Waals surface area contributed by atoms with Crippen molar-refractivity contribution in [3.05, 3.63) is 125 Å². The number of carbonyl (C=O) groups is 1. The van der Waals surface area contributed by atoms with Crippen molar-refractivity contribution in [3.8, 4) is 0 Å². The van der Waals surface area contributed by atoms with Gasteiger partial charge < -0.3 is 0 Å². The first-order chi connectivity index (χ1) is 19.7. The van der Waals surface area contributed by atoms with Crippen LogP contribution in [0.4, 0.5) is 5.13 Å². The van der Waals surface area contributed by atoms with Crippen LogP contribution in [-0.2, 0) is 16.6 Å². The number of hydrogen-bond donors (Lipinski definition) is 0. The number of sulfonamides is 1. The van der Waals surface area contributed by atoms with Crippen molar-refractivity contribution in [2.24, 2.45) is 5.10 Å². The van der Waals surface area contributed by atoms with Gasteiger partial charge in [0.2, 0.25) is 15.2 Å². The number of aryl methyl sites for hydroxylation is 1. The summed E-state index contributed by atoms with van der Waals surface area (Å²) in [6, 6.07) is 30.6. The average Bonchev–Trinajstić information content (AvgIpc) is 3.39. The van der Waals surface area contributed by atoms with Gasteiger partial charge in [-0.2, -0.15) is 14.4 Å². The Balaban J connectivity index is 1.46. The molecule has 208 valence electrons. The fourth-order valence-corrected chi connectivity index (χ4v) is 6.94. The molecule has 0 unspecified atom stereocenters. The Morgan fingerprint density at radius 1 is 0.927 bits per heavy atom. The summed E-state index contributed by atoms with van der Waals surface area (Å²) in [7, 11) is -3.81. The number of rotatable bonds is 9. The van der Waals surface area contributed by atoms with E-state index in [1.807, 2.05) is 99.6 Å². The van der Waals surface area contributed by atoms with E-state index < -0.39 is 15.9 Å². The van der Waals surface area contributed by atoms with E-state index >= 15 is 0 Å². The summed E-state index contributed by atoms with van der Waals surface area (Å²) < 4.78 is 29.6. The highest BCUT2D eigenvalue weighted by Crippen LogP contribution is 2.31. The van der Waals surface area contributed by atoms with E-state index in [4.69, 9.17) is 0 Å². The number of carbonyl (C=O) groups excluding carboxylic acids is 1. The first kappa shape index (κ1) is 28.4. The lowest BCUT2D eigenvalue weighted by Gasteiger charge is -2.26. The molecule has 5 rings (SSSR count). The molecule has 0 bridgehead atoms. The largest absolute Gasteiger partial charge is 0.280 e. The van der Waals surface area contributed by atoms with Gasteiger partial charge in [-0.15, -0.1) is 0 Å². The van der Waals surface area contributed by atoms with Crippen LogP contribution in [0.1, 0.15) is 40.9 Å². The van der Waals surface area contributed by atoms with Crippen molar-refractivity contribution in [1.82, 2.24) is 9.29 Å². The SMILES string of the molecule is Cc1ccc2nc(N(/N=C/c3ccccc3)C(=O)c3ccc(S(=O)(=O)N(Cc4ccccc4)C(C)C)cc3)sc2c1. The van der Waals surface area contributed by atoms with Crippen LogP contribution in [0.5, 0.6) is 0 Å². The van der Waals surface area contributed by atoms with Crippen molar-refractivity contribution in [2.45, 2.75) is 38.3 Å². The van der Waals surface area contributed by atoms with E-state index in [-0.39, 0.29) is 17.5 Å². The number of nitrogens with zero attached hydrogens (tertiary/aromatic N) is 4. The third-order valence-corrected chi connectivity index (χ3v) is 9.52. The van der Waals surface area contributed by atoms with E-state index in [0.717, 1.165) is 26.9 Å². The lowest BCUT2D eigenvalue weighted by Crippen LogP contribution is -2.36. The van der Waals surface area contributed by atoms with E-state index in [9.17, 15) is 13.2 Å². The number of benzene rings is 4. The summed E-state index contributed by atoms with van der Waals surface area (Å²) in [5, 5.41) is 6.20. The third kappa shape index (κ3) is 6.43. The van der Waals surface area contributed by atoms with Crippen LogP contribution in [0.2, 0.25) is 0 Å². The number of aromatic nitrogens is 1. The molecule has 0 aliphatic rings. The van der Waals surface area contributed by atoms with Gasteiger partial charge in [0.15, 0.2) is 0 Å². The molecule has 0 N–H and O–H groups in total. The van der Waals surface area contributed by atoms with E-state index in [2.05, 4.69) is 10.1 Å². The summed E-state index contributed by atoms with van der Waals surface area (Å²) >= 11 is 1.37. The third-order valence-electron chi connectivity index (χ3n) is 6.49. The summed E-state index contributed by atoms with van der Waals surface area (Å²) in [6.45, 7) is 5.95. The average molecular weight is 583 g/mol. The number of thiazole rings is 1. The van der Waals surface area contributed by atoms with Crippen molar-refractivity contribution in [3.63, 3.8) is 0 Å². The zero-order valence-corrected chi connectivity index (χ0v) is 24.6. The molecule has 4 aromatic carbocycles. The molecule has 1 amide bonds. The Morgan fingerprint density at radius 2 is 1.59 bits per heavy atom. The predicted molar refractivity (Wildman–Crippen MR) is 166 cm³/mol. The van der Waals surface area contributed by atoms with E-state index in [1.54, 1.807) is 6.21 Å². The molecular weight excluding hydrogens is 553 g/mol. The van der Waals surface area contributed by atoms with Gasteiger partial charge in [0.1, 0.15) is 0 Å². The highest BCUT2D eigenvalue weighted by atomic mass is 32.2. The predicted octanol–water partition coefficient (Wildman–Crippen LogP) is 6.88. The Labute approximate surface area is 244 Å². The fraction of sp³-hybridized carbons (Fsp3) is 0.156. The zero-order valence-electron chi connectivity index (χ0n) is 23.0. The van der Waals surface area contributed by atoms with Crippen molar-refractivity contribution >= 4 is 48.8 Å². The van der Waals surface area contributed by atoms with Crippen molar-refractivity contribution in [1.29, 1.82) is 0 Å². The fourth-order valence-electron chi connectivity index (χ4n) is 4.30. The highest BCUT2D eigenvalue weighted by Gasteiger charge is 2.28. The van der Waals surface area contributed by atoms with Gasteiger partial charge in [0, 0.05) is 18.2 Å². The second kappa shape index (κ2) is 12.1. The molecule has 0 fully saturated rings. The Kier molecular flexibility index (Phi) is 8.39. The first-order valence-corrected chi connectivity index (χ1v) is 15.4. The normalized spacial score (nSPS) is 12.0. The molecule has 0 saturated heterocycles. The van der Waals surface area contributed by atoms with Gasteiger partial charge in [-0.25, -0.2) is 13.4 Å². The van der Waals surface area contributed by atoms with Crippen LogP contribution < -0.4 is 5.01 Å². The minimum absolute atomic E-state index is 0.119. The lowest BCUT2D eigenvalue weighted by atomic mass is 10.2. The second-order valence-electron chi connectivity index (χ2n) is 9.89. The maximum absolute atomic E-state index is 13.8. The van der Waals surface area contributed by atoms with Crippen LogP contribution in [0.3, 0.4) is 0 Å². The van der Waals surface area contributed by atoms with Crippen LogP contribution in [0.15, 0.2) is 113 Å². The van der Waals surface area contributed by atoms with E-state index in [1.165, 1.54) is 44.9 Å². The zero-order chi connectivity index (χ0) is 29.0. The second-order valence-corrected chi connectivity index (χ2v) is 12.8. The van der Waals surface area contributed by atoms with Crippen LogP contribution >= 0.6 is 11.3 Å². The maximum Gasteiger partial charge on any atom is 0.280 e. The molecule has 5 aromatic rings. The first-order valence-electron chi connectivity index (χ1n) is 13.2. The molecule has 0 aliphatic heterocycles. The molecule has 0 radical (unpaired) electrons. The molecule has 7 nitrogen and oxygen atoms in total. The molecular formula is C32H30N4O3S2. The van der Waals surface area contributed by atoms with Crippen LogP contribution in [0.25, 0.3) is 10.2 Å². The minimum atomic E-state index is -3.81. The number of fused-ring (bicyclic) bond motifs is 1. The van der Waals surface area contributed by atoms with Crippen LogP contribution in [0, 0.1) is 6.92 Å². The van der Waals surface area contributed by atoms with Gasteiger partial charge in [-0.1, -0.05) is 78.1 Å². The molecule has 0 aliphatic carbocycles. The maximum atomic E-state index is 13.8. The molecule has 41 heavy (non-hydrogen) atoms.